The smallest absolute Gasteiger partial charge is 0.394 e. The summed E-state index contributed by atoms with van der Waals surface area (Å²) in [6.07, 6.45) is 4.56. The fourth-order valence-corrected chi connectivity index (χ4v) is 1.52. The Kier molecular flexibility index (Phi) is 5.20. The van der Waals surface area contributed by atoms with Crippen LogP contribution in [0.2, 0.25) is 0 Å². The molecule has 0 aliphatic carbocycles. The maximum absolute atomic E-state index is 10.9. The number of nitrogens with one attached hydrogen (secondary N) is 1. The maximum atomic E-state index is 10.9. The van der Waals surface area contributed by atoms with E-state index >= 15 is 0 Å². The molecule has 0 unspecified atom stereocenters. The third-order valence-corrected chi connectivity index (χ3v) is 2.48. The van der Waals surface area contributed by atoms with Gasteiger partial charge in [-0.2, -0.15) is 0 Å². The number of hydrogen-bond donors (Lipinski definition) is 2. The minimum atomic E-state index is -1.47. The van der Waals surface area contributed by atoms with Crippen LogP contribution >= 0.6 is 0 Å². The lowest BCUT2D eigenvalue weighted by molar-refractivity contribution is -0.147. The lowest BCUT2D eigenvalue weighted by Gasteiger charge is -2.04. The normalized spacial score (nSPS) is 9.94. The second-order valence-corrected chi connectivity index (χ2v) is 3.91. The number of carbonyl (C=O) groups excluding carboxylic acids is 1. The monoisotopic (exact) mass is 235 g/mol. The van der Waals surface area contributed by atoms with Gasteiger partial charge in [0.15, 0.2) is 0 Å². The fraction of sp³-hybridized carbons (Fsp3) is 0.385. The lowest BCUT2D eigenvalue weighted by atomic mass is 10.1. The minimum Gasteiger partial charge on any atom is -0.474 e. The Morgan fingerprint density at radius 1 is 1.18 bits per heavy atom. The molecule has 1 aromatic carbocycles. The van der Waals surface area contributed by atoms with Gasteiger partial charge in [-0.1, -0.05) is 31.9 Å². The molecule has 0 atom stereocenters. The standard InChI is InChI=1S/C13H17NO3/c1-2-3-4-5-10-6-8-11(9-7-10)14-12(15)13(16)17/h6-9H,2-5H2,1H3,(H,14,15)(H,16,17). The largest absolute Gasteiger partial charge is 0.474 e. The molecule has 2 N–H and O–H groups in total. The predicted octanol–water partition coefficient (Wildman–Crippen LogP) is 2.44. The maximum Gasteiger partial charge on any atom is 0.394 e. The molecule has 0 fully saturated rings. The van der Waals surface area contributed by atoms with Gasteiger partial charge in [0, 0.05) is 5.69 Å². The molecule has 0 aliphatic rings. The van der Waals surface area contributed by atoms with E-state index in [1.54, 1.807) is 12.1 Å². The highest BCUT2D eigenvalue weighted by atomic mass is 16.4. The molecule has 1 rings (SSSR count). The Morgan fingerprint density at radius 3 is 2.35 bits per heavy atom. The molecule has 4 nitrogen and oxygen atoms in total. The number of rotatable bonds is 5. The number of anilines is 1. The van der Waals surface area contributed by atoms with Crippen LogP contribution in [0.25, 0.3) is 0 Å². The molecule has 0 spiro atoms. The molecule has 0 saturated carbocycles. The zero-order chi connectivity index (χ0) is 12.7. The summed E-state index contributed by atoms with van der Waals surface area (Å²) < 4.78 is 0. The molecule has 0 aromatic heterocycles. The van der Waals surface area contributed by atoms with E-state index in [1.165, 1.54) is 18.4 Å². The van der Waals surface area contributed by atoms with E-state index in [9.17, 15) is 9.59 Å². The summed E-state index contributed by atoms with van der Waals surface area (Å²) in [4.78, 5) is 21.2. The Hall–Kier alpha value is -1.84. The van der Waals surface area contributed by atoms with Gasteiger partial charge < -0.3 is 10.4 Å². The van der Waals surface area contributed by atoms with Crippen molar-refractivity contribution < 1.29 is 14.7 Å². The van der Waals surface area contributed by atoms with Gasteiger partial charge in [0.1, 0.15) is 0 Å². The van der Waals surface area contributed by atoms with E-state index in [0.717, 1.165) is 12.8 Å². The Bertz CT molecular complexity index is 384. The molecule has 17 heavy (non-hydrogen) atoms. The second kappa shape index (κ2) is 6.68. The van der Waals surface area contributed by atoms with Crippen molar-refractivity contribution in [2.75, 3.05) is 5.32 Å². The highest BCUT2D eigenvalue weighted by Gasteiger charge is 2.10. The van der Waals surface area contributed by atoms with Crippen LogP contribution < -0.4 is 5.32 Å². The third-order valence-electron chi connectivity index (χ3n) is 2.48. The first-order chi connectivity index (χ1) is 8.13. The summed E-state index contributed by atoms with van der Waals surface area (Å²) >= 11 is 0. The number of carboxylic acids is 1. The molecule has 0 heterocycles. The van der Waals surface area contributed by atoms with Crippen LogP contribution in [0.1, 0.15) is 31.7 Å². The van der Waals surface area contributed by atoms with Gasteiger partial charge in [-0.25, -0.2) is 4.79 Å². The Morgan fingerprint density at radius 2 is 1.82 bits per heavy atom. The van der Waals surface area contributed by atoms with Crippen molar-refractivity contribution in [1.29, 1.82) is 0 Å². The van der Waals surface area contributed by atoms with E-state index in [0.29, 0.717) is 5.69 Å². The quantitative estimate of drug-likeness (QED) is 0.608. The predicted molar refractivity (Wildman–Crippen MR) is 65.9 cm³/mol. The van der Waals surface area contributed by atoms with Crippen LogP contribution in [-0.2, 0) is 16.0 Å². The van der Waals surface area contributed by atoms with Crippen LogP contribution in [0.3, 0.4) is 0 Å². The van der Waals surface area contributed by atoms with Gasteiger partial charge in [0.25, 0.3) is 0 Å². The van der Waals surface area contributed by atoms with E-state index in [4.69, 9.17) is 5.11 Å². The number of aryl methyl sites for hydroxylation is 1. The van der Waals surface area contributed by atoms with Crippen molar-refractivity contribution in [3.63, 3.8) is 0 Å². The molecule has 0 saturated heterocycles. The van der Waals surface area contributed by atoms with Crippen LogP contribution in [0.15, 0.2) is 24.3 Å². The molecule has 0 bridgehead atoms. The van der Waals surface area contributed by atoms with Gasteiger partial charge >= 0.3 is 11.9 Å². The van der Waals surface area contributed by atoms with Gasteiger partial charge in [0.2, 0.25) is 0 Å². The first-order valence-corrected chi connectivity index (χ1v) is 5.76. The summed E-state index contributed by atoms with van der Waals surface area (Å²) in [7, 11) is 0. The minimum absolute atomic E-state index is 0.511. The second-order valence-electron chi connectivity index (χ2n) is 3.91. The van der Waals surface area contributed by atoms with Crippen LogP contribution in [-0.4, -0.2) is 17.0 Å². The summed E-state index contributed by atoms with van der Waals surface area (Å²) in [6.45, 7) is 2.16. The number of hydrogen-bond acceptors (Lipinski definition) is 2. The number of aliphatic carboxylic acids is 1. The topological polar surface area (TPSA) is 66.4 Å². The van der Waals surface area contributed by atoms with Crippen molar-refractivity contribution >= 4 is 17.6 Å². The van der Waals surface area contributed by atoms with Gasteiger partial charge in [-0.15, -0.1) is 0 Å². The van der Waals surface area contributed by atoms with Crippen LogP contribution in [0.4, 0.5) is 5.69 Å². The van der Waals surface area contributed by atoms with E-state index in [1.807, 2.05) is 12.1 Å². The van der Waals surface area contributed by atoms with Crippen molar-refractivity contribution in [2.45, 2.75) is 32.6 Å². The van der Waals surface area contributed by atoms with Gasteiger partial charge in [-0.05, 0) is 30.5 Å². The zero-order valence-electron chi connectivity index (χ0n) is 9.90. The van der Waals surface area contributed by atoms with E-state index in [-0.39, 0.29) is 0 Å². The summed E-state index contributed by atoms with van der Waals surface area (Å²) in [6, 6.07) is 7.27. The first kappa shape index (κ1) is 13.2. The molecule has 0 aliphatic heterocycles. The average Bonchev–Trinajstić information content (AvgIpc) is 2.31. The van der Waals surface area contributed by atoms with E-state index in [2.05, 4.69) is 12.2 Å². The fourth-order valence-electron chi connectivity index (χ4n) is 1.52. The number of carbonyl (C=O) groups is 2. The van der Waals surface area contributed by atoms with Crippen molar-refractivity contribution in [1.82, 2.24) is 0 Å². The summed E-state index contributed by atoms with van der Waals surface area (Å²) in [5, 5.41) is 10.7. The number of benzene rings is 1. The lowest BCUT2D eigenvalue weighted by Crippen LogP contribution is -2.21. The van der Waals surface area contributed by atoms with Gasteiger partial charge in [-0.3, -0.25) is 4.79 Å². The highest BCUT2D eigenvalue weighted by molar-refractivity contribution is 6.36. The van der Waals surface area contributed by atoms with Crippen LogP contribution in [0.5, 0.6) is 0 Å². The SMILES string of the molecule is CCCCCc1ccc(NC(=O)C(=O)O)cc1. The summed E-state index contributed by atoms with van der Waals surface area (Å²) in [5.41, 5.74) is 1.71. The zero-order valence-corrected chi connectivity index (χ0v) is 9.90. The number of unbranched alkanes of at least 4 members (excludes halogenated alkanes) is 2. The van der Waals surface area contributed by atoms with E-state index < -0.39 is 11.9 Å². The highest BCUT2D eigenvalue weighted by Crippen LogP contribution is 2.12. The summed E-state index contributed by atoms with van der Waals surface area (Å²) in [5.74, 6) is -2.49. The molecule has 0 radical (unpaired) electrons. The molecule has 92 valence electrons. The number of carboxylic acid groups (broad SMARTS) is 1. The average molecular weight is 235 g/mol. The van der Waals surface area contributed by atoms with Crippen molar-refractivity contribution in [3.05, 3.63) is 29.8 Å². The van der Waals surface area contributed by atoms with Crippen molar-refractivity contribution in [3.8, 4) is 0 Å². The van der Waals surface area contributed by atoms with Crippen molar-refractivity contribution in [2.24, 2.45) is 0 Å². The Balaban J connectivity index is 2.50. The molecular formula is C13H17NO3. The molecule has 1 amide bonds. The number of amides is 1. The van der Waals surface area contributed by atoms with Gasteiger partial charge in [0.05, 0.1) is 0 Å². The third kappa shape index (κ3) is 4.68. The molecule has 4 heteroatoms. The van der Waals surface area contributed by atoms with Crippen LogP contribution in [0, 0.1) is 0 Å². The first-order valence-electron chi connectivity index (χ1n) is 5.76. The molecule has 1 aromatic rings. The Labute approximate surface area is 101 Å². The molecular weight excluding hydrogens is 218 g/mol.